The lowest BCUT2D eigenvalue weighted by Gasteiger charge is -2.32. The standard InChI is InChI=1S/C13H24N2O2/c1-8(2)12-13(16)15(10(4)14-12)9(3)11-5-6-17-7-11/h8-12,14H,5-7H2,1-4H3. The van der Waals surface area contributed by atoms with E-state index < -0.39 is 0 Å². The molecule has 0 bridgehead atoms. The van der Waals surface area contributed by atoms with E-state index in [9.17, 15) is 4.79 Å². The molecular weight excluding hydrogens is 216 g/mol. The molecule has 2 heterocycles. The molecule has 1 amide bonds. The Morgan fingerprint density at radius 2 is 2.12 bits per heavy atom. The third-order valence-electron chi connectivity index (χ3n) is 4.11. The summed E-state index contributed by atoms with van der Waals surface area (Å²) in [7, 11) is 0. The molecule has 98 valence electrons. The maximum absolute atomic E-state index is 12.4. The van der Waals surface area contributed by atoms with Crippen LogP contribution in [0.25, 0.3) is 0 Å². The van der Waals surface area contributed by atoms with Crippen LogP contribution in [0, 0.1) is 11.8 Å². The van der Waals surface area contributed by atoms with Gasteiger partial charge in [-0.2, -0.15) is 0 Å². The van der Waals surface area contributed by atoms with Crippen LogP contribution in [0.15, 0.2) is 0 Å². The summed E-state index contributed by atoms with van der Waals surface area (Å²) in [5.41, 5.74) is 0. The van der Waals surface area contributed by atoms with Gasteiger partial charge in [0.2, 0.25) is 5.91 Å². The molecule has 0 saturated carbocycles. The van der Waals surface area contributed by atoms with E-state index in [2.05, 4.69) is 33.0 Å². The van der Waals surface area contributed by atoms with Crippen LogP contribution < -0.4 is 5.32 Å². The molecule has 1 N–H and O–H groups in total. The molecule has 0 aromatic rings. The number of hydrogen-bond donors (Lipinski definition) is 1. The summed E-state index contributed by atoms with van der Waals surface area (Å²) in [6.07, 6.45) is 1.22. The number of carbonyl (C=O) groups excluding carboxylic acids is 1. The lowest BCUT2D eigenvalue weighted by atomic mass is 9.98. The van der Waals surface area contributed by atoms with Gasteiger partial charge in [0.05, 0.1) is 18.8 Å². The molecule has 17 heavy (non-hydrogen) atoms. The van der Waals surface area contributed by atoms with Crippen molar-refractivity contribution < 1.29 is 9.53 Å². The monoisotopic (exact) mass is 240 g/mol. The molecule has 0 spiro atoms. The van der Waals surface area contributed by atoms with Gasteiger partial charge in [-0.05, 0) is 26.2 Å². The van der Waals surface area contributed by atoms with E-state index in [1.807, 2.05) is 4.90 Å². The quantitative estimate of drug-likeness (QED) is 0.806. The fourth-order valence-electron chi connectivity index (χ4n) is 2.95. The molecule has 2 rings (SSSR count). The van der Waals surface area contributed by atoms with Crippen molar-refractivity contribution in [3.63, 3.8) is 0 Å². The predicted molar refractivity (Wildman–Crippen MR) is 66.5 cm³/mol. The van der Waals surface area contributed by atoms with Crippen LogP contribution in [0.2, 0.25) is 0 Å². The van der Waals surface area contributed by atoms with Crippen LogP contribution in [0.3, 0.4) is 0 Å². The Labute approximate surface area is 104 Å². The molecule has 0 radical (unpaired) electrons. The van der Waals surface area contributed by atoms with Gasteiger partial charge in [-0.3, -0.25) is 10.1 Å². The van der Waals surface area contributed by atoms with Crippen LogP contribution in [-0.2, 0) is 9.53 Å². The maximum Gasteiger partial charge on any atom is 0.241 e. The lowest BCUT2D eigenvalue weighted by molar-refractivity contribution is -0.133. The highest BCUT2D eigenvalue weighted by Crippen LogP contribution is 2.26. The largest absolute Gasteiger partial charge is 0.381 e. The molecule has 4 atom stereocenters. The minimum absolute atomic E-state index is 0.0187. The highest BCUT2D eigenvalue weighted by molar-refractivity contribution is 5.84. The van der Waals surface area contributed by atoms with Gasteiger partial charge in [0, 0.05) is 18.6 Å². The summed E-state index contributed by atoms with van der Waals surface area (Å²) >= 11 is 0. The third-order valence-corrected chi connectivity index (χ3v) is 4.11. The zero-order valence-electron chi connectivity index (χ0n) is 11.3. The Kier molecular flexibility index (Phi) is 3.73. The normalized spacial score (nSPS) is 35.9. The molecule has 2 saturated heterocycles. The summed E-state index contributed by atoms with van der Waals surface area (Å²) in [6.45, 7) is 10.0. The third kappa shape index (κ3) is 2.33. The molecular formula is C13H24N2O2. The van der Waals surface area contributed by atoms with Crippen molar-refractivity contribution in [3.8, 4) is 0 Å². The second-order valence-corrected chi connectivity index (χ2v) is 5.67. The van der Waals surface area contributed by atoms with Crippen LogP contribution in [0.4, 0.5) is 0 Å². The van der Waals surface area contributed by atoms with Gasteiger partial charge in [-0.15, -0.1) is 0 Å². The van der Waals surface area contributed by atoms with Crippen molar-refractivity contribution >= 4 is 5.91 Å². The van der Waals surface area contributed by atoms with Crippen molar-refractivity contribution in [2.75, 3.05) is 13.2 Å². The number of hydrogen-bond acceptors (Lipinski definition) is 3. The van der Waals surface area contributed by atoms with Crippen molar-refractivity contribution in [1.82, 2.24) is 10.2 Å². The fraction of sp³-hybridized carbons (Fsp3) is 0.923. The van der Waals surface area contributed by atoms with Gasteiger partial charge >= 0.3 is 0 Å². The SMILES string of the molecule is CC(C)C1NC(C)N(C(C)C2CCOC2)C1=O. The molecule has 2 aliphatic heterocycles. The van der Waals surface area contributed by atoms with Crippen LogP contribution in [0.5, 0.6) is 0 Å². The van der Waals surface area contributed by atoms with Crippen molar-refractivity contribution in [1.29, 1.82) is 0 Å². The van der Waals surface area contributed by atoms with Crippen molar-refractivity contribution in [2.45, 2.75) is 52.4 Å². The molecule has 4 nitrogen and oxygen atoms in total. The summed E-state index contributed by atoms with van der Waals surface area (Å²) in [4.78, 5) is 14.4. The average Bonchev–Trinajstić information content (AvgIpc) is 2.86. The Balaban J connectivity index is 2.07. The highest BCUT2D eigenvalue weighted by Gasteiger charge is 2.42. The van der Waals surface area contributed by atoms with Gasteiger partial charge in [0.1, 0.15) is 0 Å². The number of nitrogens with one attached hydrogen (secondary N) is 1. The summed E-state index contributed by atoms with van der Waals surface area (Å²) < 4.78 is 5.42. The molecule has 4 unspecified atom stereocenters. The van der Waals surface area contributed by atoms with E-state index in [0.717, 1.165) is 19.6 Å². The summed E-state index contributed by atoms with van der Waals surface area (Å²) in [5, 5.41) is 3.39. The maximum atomic E-state index is 12.4. The van der Waals surface area contributed by atoms with Crippen molar-refractivity contribution in [2.24, 2.45) is 11.8 Å². The smallest absolute Gasteiger partial charge is 0.241 e. The average molecular weight is 240 g/mol. The van der Waals surface area contributed by atoms with Gasteiger partial charge in [-0.1, -0.05) is 13.8 Å². The topological polar surface area (TPSA) is 41.6 Å². The van der Waals surface area contributed by atoms with Gasteiger partial charge in [0.15, 0.2) is 0 Å². The van der Waals surface area contributed by atoms with Crippen LogP contribution in [0.1, 0.15) is 34.1 Å². The molecule has 0 aromatic carbocycles. The Hall–Kier alpha value is -0.610. The zero-order chi connectivity index (χ0) is 12.6. The van der Waals surface area contributed by atoms with E-state index in [4.69, 9.17) is 4.74 Å². The molecule has 0 aliphatic carbocycles. The first-order chi connectivity index (χ1) is 8.02. The van der Waals surface area contributed by atoms with Crippen LogP contribution >= 0.6 is 0 Å². The van der Waals surface area contributed by atoms with E-state index >= 15 is 0 Å². The van der Waals surface area contributed by atoms with Gasteiger partial charge < -0.3 is 9.64 Å². The van der Waals surface area contributed by atoms with Crippen LogP contribution in [-0.4, -0.2) is 42.3 Å². The molecule has 2 aliphatic rings. The van der Waals surface area contributed by atoms with Gasteiger partial charge in [-0.25, -0.2) is 0 Å². The zero-order valence-corrected chi connectivity index (χ0v) is 11.3. The second kappa shape index (κ2) is 4.94. The predicted octanol–water partition coefficient (Wildman–Crippen LogP) is 1.21. The number of nitrogens with zero attached hydrogens (tertiary/aromatic N) is 1. The molecule has 2 fully saturated rings. The highest BCUT2D eigenvalue weighted by atomic mass is 16.5. The first-order valence-electron chi connectivity index (χ1n) is 6.68. The Morgan fingerprint density at radius 3 is 2.59 bits per heavy atom. The Bertz CT molecular complexity index is 287. The summed E-state index contributed by atoms with van der Waals surface area (Å²) in [6, 6.07) is 0.256. The summed E-state index contributed by atoms with van der Waals surface area (Å²) in [5.74, 6) is 1.10. The van der Waals surface area contributed by atoms with E-state index in [1.54, 1.807) is 0 Å². The first kappa shape index (κ1) is 12.8. The minimum Gasteiger partial charge on any atom is -0.381 e. The molecule has 4 heteroatoms. The van der Waals surface area contributed by atoms with E-state index in [1.165, 1.54) is 0 Å². The van der Waals surface area contributed by atoms with Crippen molar-refractivity contribution in [3.05, 3.63) is 0 Å². The van der Waals surface area contributed by atoms with E-state index in [-0.39, 0.29) is 24.2 Å². The van der Waals surface area contributed by atoms with Gasteiger partial charge in [0.25, 0.3) is 0 Å². The first-order valence-corrected chi connectivity index (χ1v) is 6.68. The second-order valence-electron chi connectivity index (χ2n) is 5.67. The Morgan fingerprint density at radius 1 is 1.41 bits per heavy atom. The number of rotatable bonds is 3. The number of carbonyl (C=O) groups is 1. The number of ether oxygens (including phenoxy) is 1. The lowest BCUT2D eigenvalue weighted by Crippen LogP contribution is -2.45. The molecule has 0 aromatic heterocycles. The fourth-order valence-corrected chi connectivity index (χ4v) is 2.95. The van der Waals surface area contributed by atoms with E-state index in [0.29, 0.717) is 11.8 Å². The number of amides is 1. The minimum atomic E-state index is -0.0187.